The van der Waals surface area contributed by atoms with Crippen LogP contribution in [-0.2, 0) is 40.3 Å². The van der Waals surface area contributed by atoms with Crippen LogP contribution < -0.4 is 11.2 Å². The molecular formula is C31H33N2O9P. The first-order chi connectivity index (χ1) is 20.7. The van der Waals surface area contributed by atoms with Crippen LogP contribution in [0.1, 0.15) is 22.9 Å². The Morgan fingerprint density at radius 2 is 1.33 bits per heavy atom. The first-order valence-electron chi connectivity index (χ1n) is 13.6. The molecule has 0 bridgehead atoms. The number of aromatic nitrogens is 2. The molecule has 0 radical (unpaired) electrons. The maximum absolute atomic E-state index is 13.1. The third-order valence-electron chi connectivity index (χ3n) is 7.50. The predicted octanol–water partition coefficient (Wildman–Crippen LogP) is 3.60. The molecule has 1 aromatic heterocycles. The zero-order valence-electron chi connectivity index (χ0n) is 23.9. The monoisotopic (exact) mass is 608 g/mol. The lowest BCUT2D eigenvalue weighted by Gasteiger charge is -2.37. The quantitative estimate of drug-likeness (QED) is 0.201. The van der Waals surface area contributed by atoms with Crippen molar-refractivity contribution in [1.29, 1.82) is 0 Å². The Balaban J connectivity index is 1.59. The lowest BCUT2D eigenvalue weighted by Crippen LogP contribution is -2.42. The number of phosphoric ester groups is 1. The van der Waals surface area contributed by atoms with Gasteiger partial charge in [0, 0.05) is 33.5 Å². The van der Waals surface area contributed by atoms with Gasteiger partial charge < -0.3 is 14.6 Å². The standard InChI is InChI=1S/C31H33N2O9P/c1-32-26(34)19-20-33(30(32)36)29-27(35)28(42-43(37,38-2)39-3)25(41-29)21-40-31(22-13-7-4-8-14-22,23-15-9-5-10-16-23)24-17-11-6-12-18-24/h4-20,25,27-29,35H,21H2,1-3H3/t25-,27-,28-,29-/m1/s1. The Hall–Kier alpha value is -3.67. The minimum absolute atomic E-state index is 0.190. The fourth-order valence-corrected chi connectivity index (χ4v) is 6.16. The van der Waals surface area contributed by atoms with Crippen LogP contribution in [0, 0.1) is 0 Å². The Morgan fingerprint density at radius 1 is 0.837 bits per heavy atom. The van der Waals surface area contributed by atoms with E-state index in [9.17, 15) is 19.3 Å². The summed E-state index contributed by atoms with van der Waals surface area (Å²) in [6, 6.07) is 30.1. The molecule has 1 saturated heterocycles. The minimum atomic E-state index is -4.13. The molecule has 1 aliphatic rings. The topological polar surface area (TPSA) is 127 Å². The van der Waals surface area contributed by atoms with Gasteiger partial charge in [0.1, 0.15) is 23.9 Å². The SMILES string of the molecule is COP(=O)(OC)O[C@H]1[C@@H](O)[C@H](n2ccc(=O)n(C)c2=O)O[C@@H]1COC(c1ccccc1)(c1ccccc1)c1ccccc1. The van der Waals surface area contributed by atoms with E-state index >= 15 is 0 Å². The second-order valence-electron chi connectivity index (χ2n) is 9.93. The highest BCUT2D eigenvalue weighted by Crippen LogP contribution is 2.52. The van der Waals surface area contributed by atoms with Gasteiger partial charge in [-0.2, -0.15) is 0 Å². The van der Waals surface area contributed by atoms with Crippen LogP contribution in [-0.4, -0.2) is 53.4 Å². The average molecular weight is 609 g/mol. The molecule has 5 rings (SSSR count). The highest BCUT2D eigenvalue weighted by atomic mass is 31.2. The largest absolute Gasteiger partial charge is 0.474 e. The van der Waals surface area contributed by atoms with Crippen LogP contribution in [0.5, 0.6) is 0 Å². The van der Waals surface area contributed by atoms with E-state index in [2.05, 4.69) is 0 Å². The Kier molecular flexibility index (Phi) is 9.24. The summed E-state index contributed by atoms with van der Waals surface area (Å²) in [4.78, 5) is 25.0. The van der Waals surface area contributed by atoms with E-state index < -0.39 is 49.2 Å². The van der Waals surface area contributed by atoms with Crippen molar-refractivity contribution < 1.29 is 32.7 Å². The number of phosphoric acid groups is 1. The Bertz CT molecular complexity index is 1570. The van der Waals surface area contributed by atoms with E-state index in [-0.39, 0.29) is 6.61 Å². The molecule has 0 aliphatic carbocycles. The van der Waals surface area contributed by atoms with E-state index in [0.29, 0.717) is 0 Å². The van der Waals surface area contributed by atoms with Gasteiger partial charge in [0.15, 0.2) is 6.23 Å². The highest BCUT2D eigenvalue weighted by Gasteiger charge is 2.51. The van der Waals surface area contributed by atoms with E-state index in [4.69, 9.17) is 23.0 Å². The summed E-state index contributed by atoms with van der Waals surface area (Å²) in [7, 11) is -0.513. The number of benzene rings is 3. The summed E-state index contributed by atoms with van der Waals surface area (Å²) in [6.45, 7) is -0.190. The summed E-state index contributed by atoms with van der Waals surface area (Å²) in [5, 5.41) is 11.4. The second-order valence-corrected chi connectivity index (χ2v) is 11.8. The average Bonchev–Trinajstić information content (AvgIpc) is 3.35. The van der Waals surface area contributed by atoms with Crippen molar-refractivity contribution in [3.05, 3.63) is 141 Å². The smallest absolute Gasteiger partial charge is 0.386 e. The van der Waals surface area contributed by atoms with Gasteiger partial charge in [-0.25, -0.2) is 9.36 Å². The molecule has 4 aromatic rings. The second kappa shape index (κ2) is 12.9. The summed E-state index contributed by atoms with van der Waals surface area (Å²) < 4.78 is 43.8. The number of aliphatic hydroxyl groups is 1. The van der Waals surface area contributed by atoms with Crippen LogP contribution in [0.25, 0.3) is 0 Å². The van der Waals surface area contributed by atoms with Crippen molar-refractivity contribution in [3.63, 3.8) is 0 Å². The number of nitrogens with zero attached hydrogens (tertiary/aromatic N) is 2. The van der Waals surface area contributed by atoms with Crippen LogP contribution in [0.3, 0.4) is 0 Å². The highest BCUT2D eigenvalue weighted by molar-refractivity contribution is 7.48. The molecule has 3 aromatic carbocycles. The molecule has 2 heterocycles. The molecule has 1 aliphatic heterocycles. The molecule has 11 nitrogen and oxygen atoms in total. The lowest BCUT2D eigenvalue weighted by molar-refractivity contribution is -0.0957. The summed E-state index contributed by atoms with van der Waals surface area (Å²) >= 11 is 0. The zero-order valence-corrected chi connectivity index (χ0v) is 24.8. The molecule has 4 atom stereocenters. The molecule has 43 heavy (non-hydrogen) atoms. The Labute approximate surface area is 248 Å². The maximum Gasteiger partial charge on any atom is 0.474 e. The van der Waals surface area contributed by atoms with Crippen molar-refractivity contribution in [2.24, 2.45) is 7.05 Å². The van der Waals surface area contributed by atoms with Gasteiger partial charge in [-0.05, 0) is 16.7 Å². The van der Waals surface area contributed by atoms with Crippen molar-refractivity contribution in [2.45, 2.75) is 30.1 Å². The van der Waals surface area contributed by atoms with Gasteiger partial charge in [-0.15, -0.1) is 0 Å². The van der Waals surface area contributed by atoms with E-state index in [0.717, 1.165) is 40.0 Å². The molecule has 0 amide bonds. The third kappa shape index (κ3) is 5.93. The van der Waals surface area contributed by atoms with Crippen LogP contribution in [0.15, 0.2) is 113 Å². The Morgan fingerprint density at radius 3 is 1.79 bits per heavy atom. The fourth-order valence-electron chi connectivity index (χ4n) is 5.28. The van der Waals surface area contributed by atoms with E-state index in [1.54, 1.807) is 0 Å². The first kappa shape index (κ1) is 30.8. The molecular weight excluding hydrogens is 575 g/mol. The van der Waals surface area contributed by atoms with Crippen molar-refractivity contribution in [3.8, 4) is 0 Å². The number of rotatable bonds is 11. The van der Waals surface area contributed by atoms with Gasteiger partial charge in [0.25, 0.3) is 5.56 Å². The van der Waals surface area contributed by atoms with Gasteiger partial charge in [-0.1, -0.05) is 91.0 Å². The van der Waals surface area contributed by atoms with Gasteiger partial charge in [0.2, 0.25) is 0 Å². The summed E-state index contributed by atoms with van der Waals surface area (Å²) in [5.74, 6) is 0. The van der Waals surface area contributed by atoms with Crippen molar-refractivity contribution in [2.75, 3.05) is 20.8 Å². The summed E-state index contributed by atoms with van der Waals surface area (Å²) in [5.41, 5.74) is 0.102. The number of ether oxygens (including phenoxy) is 2. The summed E-state index contributed by atoms with van der Waals surface area (Å²) in [6.07, 6.45) is -3.99. The molecule has 12 heteroatoms. The van der Waals surface area contributed by atoms with Crippen molar-refractivity contribution in [1.82, 2.24) is 9.13 Å². The number of hydrogen-bond donors (Lipinski definition) is 1. The van der Waals surface area contributed by atoms with Crippen LogP contribution in [0.4, 0.5) is 0 Å². The van der Waals surface area contributed by atoms with Crippen molar-refractivity contribution >= 4 is 7.82 Å². The number of aliphatic hydroxyl groups excluding tert-OH is 1. The van der Waals surface area contributed by atoms with Crippen LogP contribution >= 0.6 is 7.82 Å². The lowest BCUT2D eigenvalue weighted by atomic mass is 9.80. The van der Waals surface area contributed by atoms with E-state index in [1.165, 1.54) is 19.3 Å². The first-order valence-corrected chi connectivity index (χ1v) is 15.0. The molecule has 0 unspecified atom stereocenters. The molecule has 1 N–H and O–H groups in total. The van der Waals surface area contributed by atoms with Crippen LogP contribution in [0.2, 0.25) is 0 Å². The third-order valence-corrected chi connectivity index (χ3v) is 8.90. The number of hydrogen-bond acceptors (Lipinski definition) is 9. The van der Waals surface area contributed by atoms with Gasteiger partial charge in [0.05, 0.1) is 6.61 Å². The minimum Gasteiger partial charge on any atom is -0.386 e. The van der Waals surface area contributed by atoms with E-state index in [1.807, 2.05) is 91.0 Å². The zero-order chi connectivity index (χ0) is 30.6. The molecule has 0 spiro atoms. The normalized spacial score (nSPS) is 20.7. The maximum atomic E-state index is 13.1. The predicted molar refractivity (Wildman–Crippen MR) is 158 cm³/mol. The molecule has 226 valence electrons. The van der Waals surface area contributed by atoms with Gasteiger partial charge in [-0.3, -0.25) is 27.5 Å². The molecule has 0 saturated carbocycles. The fraction of sp³-hybridized carbons (Fsp3) is 0.290. The van der Waals surface area contributed by atoms with Gasteiger partial charge >= 0.3 is 13.5 Å². The molecule has 1 fully saturated rings.